The molecule has 8 heteroatoms. The number of fused-ring (bicyclic) bond motifs is 1. The normalized spacial score (nSPS) is 29.7. The molecule has 3 fully saturated rings. The van der Waals surface area contributed by atoms with Crippen LogP contribution in [0.15, 0.2) is 0 Å². The lowest BCUT2D eigenvalue weighted by atomic mass is 9.71. The van der Waals surface area contributed by atoms with Crippen LogP contribution < -0.4 is 5.32 Å². The topological polar surface area (TPSA) is 93.2 Å². The highest BCUT2D eigenvalue weighted by Gasteiger charge is 2.54. The van der Waals surface area contributed by atoms with Gasteiger partial charge in [-0.05, 0) is 18.3 Å². The fourth-order valence-corrected chi connectivity index (χ4v) is 4.31. The molecule has 1 aliphatic carbocycles. The molecule has 0 aromatic rings. The number of hydrogen-bond donors (Lipinski definition) is 2. The Morgan fingerprint density at radius 2 is 1.87 bits per heavy atom. The summed E-state index contributed by atoms with van der Waals surface area (Å²) in [5.41, 5.74) is -0.388. The van der Waals surface area contributed by atoms with E-state index in [0.29, 0.717) is 6.54 Å². The quantitative estimate of drug-likeness (QED) is 0.809. The summed E-state index contributed by atoms with van der Waals surface area (Å²) in [5.74, 6) is -0.823. The third kappa shape index (κ3) is 2.60. The number of amides is 4. The van der Waals surface area contributed by atoms with Crippen LogP contribution in [0.1, 0.15) is 38.5 Å². The van der Waals surface area contributed by atoms with Crippen molar-refractivity contribution < 1.29 is 19.5 Å². The van der Waals surface area contributed by atoms with Crippen LogP contribution in [0.25, 0.3) is 0 Å². The summed E-state index contributed by atoms with van der Waals surface area (Å²) in [6.07, 6.45) is 4.06. The number of urea groups is 2. The van der Waals surface area contributed by atoms with Gasteiger partial charge < -0.3 is 20.2 Å². The van der Waals surface area contributed by atoms with Gasteiger partial charge in [0.1, 0.15) is 12.3 Å². The molecule has 0 aromatic heterocycles. The van der Waals surface area contributed by atoms with Crippen molar-refractivity contribution in [2.45, 2.75) is 50.9 Å². The molecule has 128 valence electrons. The summed E-state index contributed by atoms with van der Waals surface area (Å²) in [7, 11) is 3.35. The summed E-state index contributed by atoms with van der Waals surface area (Å²) in [5, 5.41) is 12.1. The number of aliphatic carboxylic acids is 1. The maximum absolute atomic E-state index is 12.4. The Balaban J connectivity index is 1.83. The molecule has 2 unspecified atom stereocenters. The molecule has 2 N–H and O–H groups in total. The SMILES string of the molecule is CN1C(=O)N(C)C2C1NC(=O)N2CC1(CC(=O)O)CCCCC1. The maximum atomic E-state index is 12.4. The first-order valence-electron chi connectivity index (χ1n) is 8.13. The van der Waals surface area contributed by atoms with Crippen molar-refractivity contribution in [1.29, 1.82) is 0 Å². The third-order valence-electron chi connectivity index (χ3n) is 5.50. The first-order valence-corrected chi connectivity index (χ1v) is 8.13. The molecule has 3 aliphatic rings. The van der Waals surface area contributed by atoms with Crippen LogP contribution in [0.2, 0.25) is 0 Å². The molecular weight excluding hydrogens is 300 g/mol. The zero-order valence-corrected chi connectivity index (χ0v) is 13.6. The zero-order chi connectivity index (χ0) is 16.8. The first-order chi connectivity index (χ1) is 10.8. The van der Waals surface area contributed by atoms with Crippen molar-refractivity contribution in [3.05, 3.63) is 0 Å². The number of carbonyl (C=O) groups is 3. The Hall–Kier alpha value is -1.99. The maximum Gasteiger partial charge on any atom is 0.323 e. The fraction of sp³-hybridized carbons (Fsp3) is 0.800. The summed E-state index contributed by atoms with van der Waals surface area (Å²) < 4.78 is 0. The number of carboxylic acid groups (broad SMARTS) is 1. The molecule has 2 aliphatic heterocycles. The summed E-state index contributed by atoms with van der Waals surface area (Å²) in [4.78, 5) is 40.6. The highest BCUT2D eigenvalue weighted by Crippen LogP contribution is 2.42. The Labute approximate surface area is 135 Å². The summed E-state index contributed by atoms with van der Waals surface area (Å²) >= 11 is 0. The third-order valence-corrected chi connectivity index (χ3v) is 5.50. The second kappa shape index (κ2) is 5.58. The van der Waals surface area contributed by atoms with Gasteiger partial charge in [0.2, 0.25) is 0 Å². The van der Waals surface area contributed by atoms with Crippen molar-refractivity contribution >= 4 is 18.0 Å². The van der Waals surface area contributed by atoms with Gasteiger partial charge in [0, 0.05) is 20.6 Å². The Morgan fingerprint density at radius 3 is 2.48 bits per heavy atom. The van der Waals surface area contributed by atoms with Crippen molar-refractivity contribution in [3.63, 3.8) is 0 Å². The average Bonchev–Trinajstić information content (AvgIpc) is 2.91. The predicted octanol–water partition coefficient (Wildman–Crippen LogP) is 1.09. The van der Waals surface area contributed by atoms with Gasteiger partial charge in [0.05, 0.1) is 6.42 Å². The average molecular weight is 324 g/mol. The van der Waals surface area contributed by atoms with Crippen molar-refractivity contribution in [2.24, 2.45) is 5.41 Å². The Bertz CT molecular complexity index is 532. The molecule has 0 radical (unpaired) electrons. The molecular formula is C15H24N4O4. The Kier molecular flexibility index (Phi) is 3.85. The van der Waals surface area contributed by atoms with Crippen LogP contribution in [-0.4, -0.2) is 70.8 Å². The number of nitrogens with zero attached hydrogens (tertiary/aromatic N) is 3. The van der Waals surface area contributed by atoms with Crippen LogP contribution >= 0.6 is 0 Å². The minimum Gasteiger partial charge on any atom is -0.481 e. The lowest BCUT2D eigenvalue weighted by Gasteiger charge is -2.40. The van der Waals surface area contributed by atoms with E-state index in [1.165, 1.54) is 4.90 Å². The molecule has 4 amide bonds. The summed E-state index contributed by atoms with van der Waals surface area (Å²) in [6.45, 7) is 0.387. The van der Waals surface area contributed by atoms with Crippen LogP contribution in [0.3, 0.4) is 0 Å². The van der Waals surface area contributed by atoms with E-state index >= 15 is 0 Å². The molecule has 23 heavy (non-hydrogen) atoms. The molecule has 2 saturated heterocycles. The van der Waals surface area contributed by atoms with Gasteiger partial charge in [0.15, 0.2) is 0 Å². The van der Waals surface area contributed by atoms with Gasteiger partial charge in [-0.1, -0.05) is 19.3 Å². The van der Waals surface area contributed by atoms with Gasteiger partial charge in [-0.15, -0.1) is 0 Å². The number of carboxylic acids is 1. The number of nitrogens with one attached hydrogen (secondary N) is 1. The van der Waals surface area contributed by atoms with Crippen LogP contribution in [0.4, 0.5) is 9.59 Å². The smallest absolute Gasteiger partial charge is 0.323 e. The van der Waals surface area contributed by atoms with E-state index < -0.39 is 5.97 Å². The molecule has 2 atom stereocenters. The van der Waals surface area contributed by atoms with Gasteiger partial charge >= 0.3 is 18.0 Å². The highest BCUT2D eigenvalue weighted by atomic mass is 16.4. The summed E-state index contributed by atoms with van der Waals surface area (Å²) in [6, 6.07) is -0.359. The number of hydrogen-bond acceptors (Lipinski definition) is 3. The van der Waals surface area contributed by atoms with Gasteiger partial charge in [-0.2, -0.15) is 0 Å². The second-order valence-corrected chi connectivity index (χ2v) is 7.07. The fourth-order valence-electron chi connectivity index (χ4n) is 4.31. The van der Waals surface area contributed by atoms with E-state index in [9.17, 15) is 19.5 Å². The molecule has 0 spiro atoms. The lowest BCUT2D eigenvalue weighted by Crippen LogP contribution is -2.50. The van der Waals surface area contributed by atoms with Gasteiger partial charge in [-0.3, -0.25) is 9.69 Å². The molecule has 1 saturated carbocycles. The van der Waals surface area contributed by atoms with Crippen molar-refractivity contribution in [3.8, 4) is 0 Å². The van der Waals surface area contributed by atoms with Crippen molar-refractivity contribution in [2.75, 3.05) is 20.6 Å². The van der Waals surface area contributed by atoms with E-state index in [-0.39, 0.29) is 36.2 Å². The zero-order valence-electron chi connectivity index (χ0n) is 13.6. The van der Waals surface area contributed by atoms with Crippen molar-refractivity contribution in [1.82, 2.24) is 20.0 Å². The number of likely N-dealkylation sites (N-methyl/N-ethyl adjacent to an activating group) is 2. The molecule has 0 aromatic carbocycles. The molecule has 8 nitrogen and oxygen atoms in total. The molecule has 0 bridgehead atoms. The molecule has 2 heterocycles. The van der Waals surface area contributed by atoms with E-state index in [1.807, 2.05) is 0 Å². The lowest BCUT2D eigenvalue weighted by molar-refractivity contribution is -0.140. The van der Waals surface area contributed by atoms with Crippen LogP contribution in [0.5, 0.6) is 0 Å². The van der Waals surface area contributed by atoms with E-state index in [2.05, 4.69) is 5.32 Å². The second-order valence-electron chi connectivity index (χ2n) is 7.07. The first kappa shape index (κ1) is 15.9. The minimum atomic E-state index is -0.823. The van der Waals surface area contributed by atoms with E-state index in [4.69, 9.17) is 0 Å². The van der Waals surface area contributed by atoms with Crippen LogP contribution in [-0.2, 0) is 4.79 Å². The monoisotopic (exact) mass is 324 g/mol. The highest BCUT2D eigenvalue weighted by molar-refractivity contribution is 5.84. The van der Waals surface area contributed by atoms with Crippen LogP contribution in [0, 0.1) is 5.41 Å². The predicted molar refractivity (Wildman–Crippen MR) is 81.5 cm³/mol. The minimum absolute atomic E-state index is 0.0711. The van der Waals surface area contributed by atoms with Gasteiger partial charge in [-0.25, -0.2) is 9.59 Å². The number of carbonyl (C=O) groups excluding carboxylic acids is 2. The van der Waals surface area contributed by atoms with E-state index in [1.54, 1.807) is 23.9 Å². The van der Waals surface area contributed by atoms with Gasteiger partial charge in [0.25, 0.3) is 0 Å². The molecule has 3 rings (SSSR count). The Morgan fingerprint density at radius 1 is 1.22 bits per heavy atom. The standard InChI is InChI=1S/C15H24N4O4/c1-17-11-12(18(2)14(17)23)19(13(22)16-11)9-15(8-10(20)21)6-4-3-5-7-15/h11-12H,3-9H2,1-2H3,(H,16,22)(H,20,21). The number of rotatable bonds is 4. The largest absolute Gasteiger partial charge is 0.481 e. The van der Waals surface area contributed by atoms with E-state index in [0.717, 1.165) is 32.1 Å².